The van der Waals surface area contributed by atoms with Gasteiger partial charge in [-0.25, -0.2) is 14.8 Å². The van der Waals surface area contributed by atoms with Gasteiger partial charge in [-0.1, -0.05) is 48.5 Å². The summed E-state index contributed by atoms with van der Waals surface area (Å²) in [6.45, 7) is 0.0447. The predicted molar refractivity (Wildman–Crippen MR) is 115 cm³/mol. The largest absolute Gasteiger partial charge is 0.481 e. The zero-order valence-corrected chi connectivity index (χ0v) is 16.9. The van der Waals surface area contributed by atoms with Gasteiger partial charge in [0.1, 0.15) is 12.6 Å². The summed E-state index contributed by atoms with van der Waals surface area (Å²) < 4.78 is 5.40. The number of aliphatic carboxylic acids is 1. The summed E-state index contributed by atoms with van der Waals surface area (Å²) in [5.41, 5.74) is 4.26. The van der Waals surface area contributed by atoms with Crippen LogP contribution < -0.4 is 10.6 Å². The second-order valence-corrected chi connectivity index (χ2v) is 7.18. The third kappa shape index (κ3) is 4.56. The molecule has 9 nitrogen and oxygen atoms in total. The van der Waals surface area contributed by atoms with Crippen LogP contribution in [0.25, 0.3) is 11.1 Å². The van der Waals surface area contributed by atoms with E-state index in [9.17, 15) is 14.4 Å². The minimum absolute atomic E-state index is 0.00206. The lowest BCUT2D eigenvalue weighted by molar-refractivity contribution is -0.139. The van der Waals surface area contributed by atoms with Crippen molar-refractivity contribution in [2.75, 3.05) is 11.9 Å². The third-order valence-electron chi connectivity index (χ3n) is 5.13. The Morgan fingerprint density at radius 1 is 0.938 bits per heavy atom. The number of rotatable bonds is 7. The van der Waals surface area contributed by atoms with Crippen LogP contribution in [-0.4, -0.2) is 45.7 Å². The number of carbonyl (C=O) groups is 3. The Morgan fingerprint density at radius 3 is 2.12 bits per heavy atom. The van der Waals surface area contributed by atoms with Gasteiger partial charge in [-0.2, -0.15) is 0 Å². The Bertz CT molecular complexity index is 1110. The lowest BCUT2D eigenvalue weighted by atomic mass is 9.98. The molecule has 0 radical (unpaired) electrons. The highest BCUT2D eigenvalue weighted by atomic mass is 16.5. The average molecular weight is 432 g/mol. The molecular weight excluding hydrogens is 412 g/mol. The van der Waals surface area contributed by atoms with E-state index in [-0.39, 0.29) is 18.5 Å². The molecule has 1 aliphatic rings. The first-order valence-corrected chi connectivity index (χ1v) is 9.94. The topological polar surface area (TPSA) is 131 Å². The number of carbonyl (C=O) groups excluding carboxylic acids is 2. The van der Waals surface area contributed by atoms with Gasteiger partial charge in [0, 0.05) is 18.3 Å². The highest BCUT2D eigenvalue weighted by molar-refractivity contribution is 5.97. The number of hydrogen-bond donors (Lipinski definition) is 3. The van der Waals surface area contributed by atoms with Crippen LogP contribution in [0.5, 0.6) is 0 Å². The van der Waals surface area contributed by atoms with Gasteiger partial charge in [0.2, 0.25) is 11.9 Å². The van der Waals surface area contributed by atoms with E-state index in [2.05, 4.69) is 20.6 Å². The number of benzene rings is 2. The van der Waals surface area contributed by atoms with Crippen LogP contribution in [0.3, 0.4) is 0 Å². The molecule has 0 spiro atoms. The minimum Gasteiger partial charge on any atom is -0.481 e. The summed E-state index contributed by atoms with van der Waals surface area (Å²) in [5, 5.41) is 13.8. The summed E-state index contributed by atoms with van der Waals surface area (Å²) in [6, 6.07) is 16.0. The molecule has 1 heterocycles. The van der Waals surface area contributed by atoms with Crippen LogP contribution in [0.4, 0.5) is 10.7 Å². The number of anilines is 1. The van der Waals surface area contributed by atoms with E-state index in [4.69, 9.17) is 9.84 Å². The number of carboxylic acids is 1. The minimum atomic E-state index is -1.35. The lowest BCUT2D eigenvalue weighted by Gasteiger charge is -2.18. The van der Waals surface area contributed by atoms with Gasteiger partial charge in [-0.15, -0.1) is 0 Å². The molecule has 2 amide bonds. The molecule has 0 fully saturated rings. The van der Waals surface area contributed by atoms with Gasteiger partial charge in [0.05, 0.1) is 6.42 Å². The number of ether oxygens (including phenoxy) is 1. The Labute approximate surface area is 183 Å². The molecule has 162 valence electrons. The van der Waals surface area contributed by atoms with Gasteiger partial charge >= 0.3 is 12.1 Å². The first-order valence-electron chi connectivity index (χ1n) is 9.94. The molecular formula is C23H20N4O5. The molecule has 1 aliphatic carbocycles. The smallest absolute Gasteiger partial charge is 0.407 e. The van der Waals surface area contributed by atoms with Gasteiger partial charge in [-0.05, 0) is 28.3 Å². The molecule has 2 aromatic carbocycles. The van der Waals surface area contributed by atoms with E-state index in [1.807, 2.05) is 48.5 Å². The van der Waals surface area contributed by atoms with Crippen molar-refractivity contribution in [3.8, 4) is 11.1 Å². The third-order valence-corrected chi connectivity index (χ3v) is 5.13. The first kappa shape index (κ1) is 21.0. The fourth-order valence-electron chi connectivity index (χ4n) is 3.73. The molecule has 0 saturated heterocycles. The van der Waals surface area contributed by atoms with E-state index in [1.54, 1.807) is 6.07 Å². The number of carboxylic acid groups (broad SMARTS) is 1. The molecule has 32 heavy (non-hydrogen) atoms. The van der Waals surface area contributed by atoms with Crippen LogP contribution in [-0.2, 0) is 14.3 Å². The highest BCUT2D eigenvalue weighted by Gasteiger charge is 2.30. The Balaban J connectivity index is 1.42. The van der Waals surface area contributed by atoms with Crippen molar-refractivity contribution >= 4 is 23.9 Å². The number of fused-ring (bicyclic) bond motifs is 3. The molecule has 0 aliphatic heterocycles. The molecule has 0 bridgehead atoms. The van der Waals surface area contributed by atoms with E-state index in [0.717, 1.165) is 22.3 Å². The van der Waals surface area contributed by atoms with Gasteiger partial charge in [-0.3, -0.25) is 14.9 Å². The molecule has 1 atom stereocenters. The van der Waals surface area contributed by atoms with Crippen LogP contribution in [0, 0.1) is 0 Å². The Morgan fingerprint density at radius 2 is 1.53 bits per heavy atom. The number of alkyl carbamates (subject to hydrolysis) is 1. The predicted octanol–water partition coefficient (Wildman–Crippen LogP) is 2.80. The maximum atomic E-state index is 12.4. The van der Waals surface area contributed by atoms with Crippen molar-refractivity contribution in [3.63, 3.8) is 0 Å². The lowest BCUT2D eigenvalue weighted by Crippen LogP contribution is -2.45. The molecule has 3 N–H and O–H groups in total. The van der Waals surface area contributed by atoms with Gasteiger partial charge in [0.25, 0.3) is 0 Å². The zero-order valence-electron chi connectivity index (χ0n) is 16.9. The quantitative estimate of drug-likeness (QED) is 0.523. The highest BCUT2D eigenvalue weighted by Crippen LogP contribution is 2.44. The molecule has 3 aromatic rings. The molecule has 9 heteroatoms. The standard InChI is InChI=1S/C23H20N4O5/c28-20(29)12-19(21(30)27-22-24-10-5-11-25-22)26-23(31)32-13-18-16-8-3-1-6-14(16)15-7-2-4-9-17(15)18/h1-11,18-19H,12-13H2,(H,26,31)(H,28,29)(H,24,25,27,30). The average Bonchev–Trinajstić information content (AvgIpc) is 3.11. The molecule has 1 aromatic heterocycles. The summed E-state index contributed by atoms with van der Waals surface area (Å²) in [4.78, 5) is 43.8. The van der Waals surface area contributed by atoms with Crippen LogP contribution >= 0.6 is 0 Å². The normalized spacial score (nSPS) is 12.9. The molecule has 0 saturated carbocycles. The number of aromatic nitrogens is 2. The number of amides is 2. The van der Waals surface area contributed by atoms with Crippen LogP contribution in [0.2, 0.25) is 0 Å². The molecule has 1 unspecified atom stereocenters. The van der Waals surface area contributed by atoms with Crippen molar-refractivity contribution in [3.05, 3.63) is 78.1 Å². The van der Waals surface area contributed by atoms with E-state index in [0.29, 0.717) is 0 Å². The van der Waals surface area contributed by atoms with E-state index >= 15 is 0 Å². The summed E-state index contributed by atoms with van der Waals surface area (Å²) in [7, 11) is 0. The zero-order chi connectivity index (χ0) is 22.5. The molecule has 4 rings (SSSR count). The monoisotopic (exact) mass is 432 g/mol. The van der Waals surface area contributed by atoms with Gasteiger partial charge < -0.3 is 15.2 Å². The van der Waals surface area contributed by atoms with Crippen molar-refractivity contribution < 1.29 is 24.2 Å². The van der Waals surface area contributed by atoms with Crippen molar-refractivity contribution in [2.45, 2.75) is 18.4 Å². The van der Waals surface area contributed by atoms with Crippen LogP contribution in [0.15, 0.2) is 67.0 Å². The van der Waals surface area contributed by atoms with Crippen molar-refractivity contribution in [1.82, 2.24) is 15.3 Å². The fraction of sp³-hybridized carbons (Fsp3) is 0.174. The Kier molecular flexibility index (Phi) is 6.07. The number of hydrogen-bond acceptors (Lipinski definition) is 6. The fourth-order valence-corrected chi connectivity index (χ4v) is 3.73. The summed E-state index contributed by atoms with van der Waals surface area (Å²) >= 11 is 0. The first-order chi connectivity index (χ1) is 15.5. The maximum absolute atomic E-state index is 12.4. The second-order valence-electron chi connectivity index (χ2n) is 7.18. The van der Waals surface area contributed by atoms with Gasteiger partial charge in [0.15, 0.2) is 0 Å². The van der Waals surface area contributed by atoms with E-state index in [1.165, 1.54) is 12.4 Å². The van der Waals surface area contributed by atoms with Crippen molar-refractivity contribution in [1.29, 1.82) is 0 Å². The van der Waals surface area contributed by atoms with E-state index < -0.39 is 30.4 Å². The maximum Gasteiger partial charge on any atom is 0.407 e. The van der Waals surface area contributed by atoms with Crippen molar-refractivity contribution in [2.24, 2.45) is 0 Å². The van der Waals surface area contributed by atoms with Crippen LogP contribution in [0.1, 0.15) is 23.5 Å². The Hall–Kier alpha value is -4.27. The second kappa shape index (κ2) is 9.25. The SMILES string of the molecule is O=C(O)CC(NC(=O)OCC1c2ccccc2-c2ccccc21)C(=O)Nc1ncccn1. The summed E-state index contributed by atoms with van der Waals surface area (Å²) in [6.07, 6.45) is 1.34. The summed E-state index contributed by atoms with van der Waals surface area (Å²) in [5.74, 6) is -2.16. The number of nitrogens with zero attached hydrogens (tertiary/aromatic N) is 2. The number of nitrogens with one attached hydrogen (secondary N) is 2.